The summed E-state index contributed by atoms with van der Waals surface area (Å²) < 4.78 is 11.2. The molecule has 0 aliphatic carbocycles. The van der Waals surface area contributed by atoms with E-state index >= 15 is 0 Å². The smallest absolute Gasteiger partial charge is 0.244 e. The van der Waals surface area contributed by atoms with Crippen molar-refractivity contribution in [2.75, 3.05) is 17.7 Å². The molecule has 140 valence electrons. The first-order valence-electron chi connectivity index (χ1n) is 8.74. The van der Waals surface area contributed by atoms with Crippen molar-refractivity contribution in [3.63, 3.8) is 0 Å². The molecule has 2 aromatic carbocycles. The van der Waals surface area contributed by atoms with Crippen LogP contribution in [0.25, 0.3) is 0 Å². The zero-order valence-corrected chi connectivity index (χ0v) is 15.6. The Labute approximate surface area is 158 Å². The minimum atomic E-state index is 0.0783. The molecule has 0 unspecified atom stereocenters. The van der Waals surface area contributed by atoms with Gasteiger partial charge in [-0.1, -0.05) is 30.3 Å². The third-order valence-corrected chi connectivity index (χ3v) is 3.70. The van der Waals surface area contributed by atoms with Crippen molar-refractivity contribution in [3.05, 3.63) is 60.3 Å². The molecular weight excluding hydrogens is 342 g/mol. The van der Waals surface area contributed by atoms with Crippen molar-refractivity contribution in [1.29, 1.82) is 0 Å². The molecule has 0 saturated heterocycles. The Morgan fingerprint density at radius 3 is 2.52 bits per heavy atom. The fourth-order valence-electron chi connectivity index (χ4n) is 2.53. The van der Waals surface area contributed by atoms with Crippen LogP contribution in [0.3, 0.4) is 0 Å². The van der Waals surface area contributed by atoms with Gasteiger partial charge in [-0.25, -0.2) is 0 Å². The van der Waals surface area contributed by atoms with Gasteiger partial charge in [-0.05, 0) is 32.0 Å². The number of nitrogens with one attached hydrogen (secondary N) is 2. The number of hydrogen-bond donors (Lipinski definition) is 2. The van der Waals surface area contributed by atoms with Gasteiger partial charge in [-0.3, -0.25) is 0 Å². The molecule has 27 heavy (non-hydrogen) atoms. The van der Waals surface area contributed by atoms with E-state index in [2.05, 4.69) is 25.8 Å². The van der Waals surface area contributed by atoms with Gasteiger partial charge < -0.3 is 20.1 Å². The van der Waals surface area contributed by atoms with Gasteiger partial charge in [0.25, 0.3) is 0 Å². The van der Waals surface area contributed by atoms with Crippen LogP contribution in [0.5, 0.6) is 11.5 Å². The lowest BCUT2D eigenvalue weighted by molar-refractivity contribution is 0.244. The monoisotopic (exact) mass is 365 g/mol. The first-order chi connectivity index (χ1) is 13.2. The Balaban J connectivity index is 1.71. The summed E-state index contributed by atoms with van der Waals surface area (Å²) in [6.07, 6.45) is 1.65. The van der Waals surface area contributed by atoms with Crippen molar-refractivity contribution < 1.29 is 9.47 Å². The molecular formula is C20H23N5O2. The minimum absolute atomic E-state index is 0.0783. The van der Waals surface area contributed by atoms with Gasteiger partial charge in [0.05, 0.1) is 25.1 Å². The fraction of sp³-hybridized carbons (Fsp3) is 0.250. The molecule has 7 nitrogen and oxygen atoms in total. The predicted molar refractivity (Wildman–Crippen MR) is 106 cm³/mol. The Morgan fingerprint density at radius 2 is 1.74 bits per heavy atom. The fourth-order valence-corrected chi connectivity index (χ4v) is 2.53. The van der Waals surface area contributed by atoms with Crippen LogP contribution < -0.4 is 20.1 Å². The Hall–Kier alpha value is -3.35. The van der Waals surface area contributed by atoms with E-state index in [1.165, 1.54) is 0 Å². The van der Waals surface area contributed by atoms with Gasteiger partial charge in [0.1, 0.15) is 11.5 Å². The van der Waals surface area contributed by atoms with Gasteiger partial charge in [-0.15, -0.1) is 5.10 Å². The molecule has 0 amide bonds. The second kappa shape index (κ2) is 8.84. The topological polar surface area (TPSA) is 81.2 Å². The molecule has 0 radical (unpaired) electrons. The summed E-state index contributed by atoms with van der Waals surface area (Å²) in [6.45, 7) is 4.51. The number of methoxy groups -OCH3 is 1. The molecule has 0 atom stereocenters. The van der Waals surface area contributed by atoms with Gasteiger partial charge in [0, 0.05) is 12.1 Å². The maximum absolute atomic E-state index is 5.82. The van der Waals surface area contributed by atoms with Gasteiger partial charge >= 0.3 is 0 Å². The number of anilines is 3. The lowest BCUT2D eigenvalue weighted by Crippen LogP contribution is -2.09. The van der Waals surface area contributed by atoms with E-state index in [-0.39, 0.29) is 6.10 Å². The quantitative estimate of drug-likeness (QED) is 0.624. The van der Waals surface area contributed by atoms with Crippen LogP contribution in [-0.4, -0.2) is 28.4 Å². The molecule has 2 N–H and O–H groups in total. The van der Waals surface area contributed by atoms with Crippen LogP contribution in [-0.2, 0) is 6.54 Å². The average Bonchev–Trinajstić information content (AvgIpc) is 2.68. The van der Waals surface area contributed by atoms with Crippen LogP contribution in [0.15, 0.2) is 54.7 Å². The van der Waals surface area contributed by atoms with Crippen molar-refractivity contribution >= 4 is 17.5 Å². The van der Waals surface area contributed by atoms with E-state index in [0.717, 1.165) is 22.7 Å². The number of aromatic nitrogens is 3. The van der Waals surface area contributed by atoms with Crippen LogP contribution in [0.2, 0.25) is 0 Å². The molecule has 3 aromatic rings. The largest absolute Gasteiger partial charge is 0.496 e. The highest BCUT2D eigenvalue weighted by Crippen LogP contribution is 2.27. The highest BCUT2D eigenvalue weighted by Gasteiger charge is 2.08. The lowest BCUT2D eigenvalue weighted by atomic mass is 10.2. The molecule has 0 saturated carbocycles. The Kier molecular flexibility index (Phi) is 6.04. The van der Waals surface area contributed by atoms with Crippen LogP contribution >= 0.6 is 0 Å². The molecule has 0 aliphatic heterocycles. The summed E-state index contributed by atoms with van der Waals surface area (Å²) in [4.78, 5) is 4.47. The van der Waals surface area contributed by atoms with E-state index < -0.39 is 0 Å². The lowest BCUT2D eigenvalue weighted by Gasteiger charge is -2.15. The standard InChI is InChI=1S/C20H23N5O2/c1-14(2)27-18-11-7-5-9-16(18)23-19-13-22-25-20(24-19)21-12-15-8-4-6-10-17(15)26-3/h4-11,13-14H,12H2,1-3H3,(H2,21,23,24,25). The van der Waals surface area contributed by atoms with Crippen LogP contribution in [0.4, 0.5) is 17.5 Å². The van der Waals surface area contributed by atoms with Crippen molar-refractivity contribution in [3.8, 4) is 11.5 Å². The molecule has 0 spiro atoms. The van der Waals surface area contributed by atoms with E-state index in [0.29, 0.717) is 18.3 Å². The van der Waals surface area contributed by atoms with E-state index in [9.17, 15) is 0 Å². The van der Waals surface area contributed by atoms with E-state index in [4.69, 9.17) is 9.47 Å². The number of benzene rings is 2. The van der Waals surface area contributed by atoms with Crippen LogP contribution in [0, 0.1) is 0 Å². The minimum Gasteiger partial charge on any atom is -0.496 e. The third-order valence-electron chi connectivity index (χ3n) is 3.70. The van der Waals surface area contributed by atoms with E-state index in [1.807, 2.05) is 62.4 Å². The van der Waals surface area contributed by atoms with Crippen LogP contribution in [0.1, 0.15) is 19.4 Å². The van der Waals surface area contributed by atoms with Crippen molar-refractivity contribution in [2.24, 2.45) is 0 Å². The number of rotatable bonds is 8. The van der Waals surface area contributed by atoms with E-state index in [1.54, 1.807) is 13.3 Å². The molecule has 0 bridgehead atoms. The van der Waals surface area contributed by atoms with Gasteiger partial charge in [0.2, 0.25) is 5.95 Å². The zero-order chi connectivity index (χ0) is 19.1. The number of para-hydroxylation sites is 3. The Morgan fingerprint density at radius 1 is 1.00 bits per heavy atom. The highest BCUT2D eigenvalue weighted by atomic mass is 16.5. The third kappa shape index (κ3) is 5.07. The van der Waals surface area contributed by atoms with Gasteiger partial charge in [0.15, 0.2) is 5.82 Å². The predicted octanol–water partition coefficient (Wildman–Crippen LogP) is 4.02. The SMILES string of the molecule is COc1ccccc1CNc1nncc(Nc2ccccc2OC(C)C)n1. The highest BCUT2D eigenvalue weighted by molar-refractivity contribution is 5.64. The summed E-state index contributed by atoms with van der Waals surface area (Å²) in [5.74, 6) is 2.57. The number of hydrogen-bond acceptors (Lipinski definition) is 7. The number of ether oxygens (including phenoxy) is 2. The summed E-state index contributed by atoms with van der Waals surface area (Å²) in [6, 6.07) is 15.5. The normalized spacial score (nSPS) is 10.5. The molecule has 7 heteroatoms. The molecule has 0 aliphatic rings. The second-order valence-corrected chi connectivity index (χ2v) is 6.12. The average molecular weight is 365 g/mol. The molecule has 0 fully saturated rings. The zero-order valence-electron chi connectivity index (χ0n) is 15.6. The maximum Gasteiger partial charge on any atom is 0.244 e. The summed E-state index contributed by atoms with van der Waals surface area (Å²) in [7, 11) is 1.65. The maximum atomic E-state index is 5.82. The first-order valence-corrected chi connectivity index (χ1v) is 8.74. The molecule has 1 aromatic heterocycles. The second-order valence-electron chi connectivity index (χ2n) is 6.12. The summed E-state index contributed by atoms with van der Waals surface area (Å²) in [5.41, 5.74) is 1.83. The van der Waals surface area contributed by atoms with Gasteiger partial charge in [-0.2, -0.15) is 10.1 Å². The summed E-state index contributed by atoms with van der Waals surface area (Å²) >= 11 is 0. The van der Waals surface area contributed by atoms with Crippen molar-refractivity contribution in [2.45, 2.75) is 26.5 Å². The first kappa shape index (κ1) is 18.4. The number of nitrogens with zero attached hydrogens (tertiary/aromatic N) is 3. The van der Waals surface area contributed by atoms with Crippen molar-refractivity contribution in [1.82, 2.24) is 15.2 Å². The summed E-state index contributed by atoms with van der Waals surface area (Å²) in [5, 5.41) is 14.5. The molecule has 3 rings (SSSR count). The Bertz CT molecular complexity index is 886. The molecule has 1 heterocycles.